The monoisotopic (exact) mass is 415 g/mol. The lowest BCUT2D eigenvalue weighted by Gasteiger charge is -2.50. The van der Waals surface area contributed by atoms with Crippen LogP contribution in [0, 0.1) is 5.92 Å². The highest BCUT2D eigenvalue weighted by molar-refractivity contribution is 7.84. The molecule has 0 aromatic carbocycles. The zero-order valence-corrected chi connectivity index (χ0v) is 21.2. The van der Waals surface area contributed by atoms with Gasteiger partial charge in [-0.1, -0.05) is 46.6 Å². The Labute approximate surface area is 172 Å². The van der Waals surface area contributed by atoms with Gasteiger partial charge in [-0.05, 0) is 64.6 Å². The molecule has 1 aliphatic carbocycles. The van der Waals surface area contributed by atoms with Gasteiger partial charge < -0.3 is 4.43 Å². The van der Waals surface area contributed by atoms with Crippen LogP contribution in [0.4, 0.5) is 0 Å². The molecule has 0 radical (unpaired) electrons. The van der Waals surface area contributed by atoms with Gasteiger partial charge in [0.25, 0.3) is 0 Å². The average Bonchev–Trinajstić information content (AvgIpc) is 2.51. The van der Waals surface area contributed by atoms with E-state index in [9.17, 15) is 4.21 Å². The van der Waals surface area contributed by atoms with Crippen molar-refractivity contribution >= 4 is 19.3 Å². The lowest BCUT2D eigenvalue weighted by molar-refractivity contribution is 0.0316. The molecular weight excluding hydrogens is 370 g/mol. The fourth-order valence-corrected chi connectivity index (χ4v) is 6.01. The summed E-state index contributed by atoms with van der Waals surface area (Å²) < 4.78 is 23.1. The van der Waals surface area contributed by atoms with Gasteiger partial charge >= 0.3 is 0 Å². The van der Waals surface area contributed by atoms with E-state index < -0.39 is 19.3 Å². The van der Waals surface area contributed by atoms with E-state index in [4.69, 9.17) is 4.43 Å². The van der Waals surface area contributed by atoms with E-state index in [1.165, 1.54) is 12.8 Å². The molecule has 0 heterocycles. The van der Waals surface area contributed by atoms with E-state index >= 15 is 0 Å². The van der Waals surface area contributed by atoms with Gasteiger partial charge in [0.2, 0.25) is 0 Å². The van der Waals surface area contributed by atoms with Crippen LogP contribution in [-0.4, -0.2) is 28.9 Å². The van der Waals surface area contributed by atoms with Crippen LogP contribution < -0.4 is 4.72 Å². The van der Waals surface area contributed by atoms with Crippen molar-refractivity contribution in [3.05, 3.63) is 12.7 Å². The first-order valence-corrected chi connectivity index (χ1v) is 14.8. The first kappa shape index (κ1) is 25.1. The molecule has 1 aliphatic rings. The Bertz CT molecular complexity index is 521. The second kappa shape index (κ2) is 9.23. The van der Waals surface area contributed by atoms with Gasteiger partial charge in [0, 0.05) is 12.0 Å². The smallest absolute Gasteiger partial charge is 0.192 e. The van der Waals surface area contributed by atoms with Crippen molar-refractivity contribution in [1.82, 2.24) is 4.72 Å². The highest BCUT2D eigenvalue weighted by atomic mass is 32.2. The van der Waals surface area contributed by atoms with E-state index in [0.717, 1.165) is 25.7 Å². The molecule has 5 heteroatoms. The van der Waals surface area contributed by atoms with Crippen LogP contribution in [0.5, 0.6) is 0 Å². The molecule has 1 N–H and O–H groups in total. The predicted molar refractivity (Wildman–Crippen MR) is 123 cm³/mol. The molecule has 0 aromatic heterocycles. The van der Waals surface area contributed by atoms with E-state index in [0.29, 0.717) is 5.92 Å². The van der Waals surface area contributed by atoms with Gasteiger partial charge in [-0.25, -0.2) is 8.93 Å². The van der Waals surface area contributed by atoms with Crippen molar-refractivity contribution in [1.29, 1.82) is 0 Å². The number of unbranched alkanes of at least 4 members (excludes halogenated alkanes) is 1. The Morgan fingerprint density at radius 3 is 2.30 bits per heavy atom. The van der Waals surface area contributed by atoms with E-state index in [1.54, 1.807) is 0 Å². The summed E-state index contributed by atoms with van der Waals surface area (Å²) in [6.45, 7) is 24.1. The molecule has 1 fully saturated rings. The van der Waals surface area contributed by atoms with Crippen molar-refractivity contribution in [3.63, 3.8) is 0 Å². The molecule has 0 aromatic rings. The molecule has 0 aliphatic heterocycles. The Kier molecular flexibility index (Phi) is 8.57. The first-order valence-electron chi connectivity index (χ1n) is 10.7. The molecular formula is C22H45NO2SSi. The Hall–Kier alpha value is 0.0269. The van der Waals surface area contributed by atoms with E-state index in [1.807, 2.05) is 26.8 Å². The SMILES string of the molecule is C=C[C@]1(NS(=O)C(C)(C)C)CCC[C@@H](O[Si](C)(C)C(C)(C)C)[C@@H]1CCCC. The second-order valence-corrected chi connectivity index (χ2v) is 17.5. The summed E-state index contributed by atoms with van der Waals surface area (Å²) >= 11 is 0. The Balaban J connectivity index is 3.21. The largest absolute Gasteiger partial charge is 0.414 e. The summed E-state index contributed by atoms with van der Waals surface area (Å²) in [5.74, 6) is 0.323. The minimum Gasteiger partial charge on any atom is -0.414 e. The van der Waals surface area contributed by atoms with Crippen molar-refractivity contribution in [2.75, 3.05) is 0 Å². The molecule has 0 spiro atoms. The van der Waals surface area contributed by atoms with Crippen LogP contribution in [0.1, 0.15) is 87.0 Å². The van der Waals surface area contributed by atoms with Crippen molar-refractivity contribution in [3.8, 4) is 0 Å². The molecule has 1 unspecified atom stereocenters. The van der Waals surface area contributed by atoms with Crippen molar-refractivity contribution in [2.45, 2.75) is 122 Å². The molecule has 0 saturated heterocycles. The summed E-state index contributed by atoms with van der Waals surface area (Å²) in [5, 5.41) is 0.193. The van der Waals surface area contributed by atoms with E-state index in [-0.39, 0.29) is 21.4 Å². The maximum absolute atomic E-state index is 13.0. The fraction of sp³-hybridized carbons (Fsp3) is 0.909. The first-order chi connectivity index (χ1) is 12.2. The number of nitrogens with one attached hydrogen (secondary N) is 1. The van der Waals surface area contributed by atoms with E-state index in [2.05, 4.69) is 52.1 Å². The molecule has 160 valence electrons. The lowest BCUT2D eigenvalue weighted by Crippen LogP contribution is -2.60. The third kappa shape index (κ3) is 6.25. The topological polar surface area (TPSA) is 38.3 Å². The molecule has 0 bridgehead atoms. The maximum Gasteiger partial charge on any atom is 0.192 e. The zero-order valence-electron chi connectivity index (χ0n) is 19.4. The molecule has 4 atom stereocenters. The zero-order chi connectivity index (χ0) is 21.1. The predicted octanol–water partition coefficient (Wildman–Crippen LogP) is 6.34. The minimum atomic E-state index is -1.86. The summed E-state index contributed by atoms with van der Waals surface area (Å²) in [5.41, 5.74) is -0.307. The number of hydrogen-bond acceptors (Lipinski definition) is 2. The summed E-state index contributed by atoms with van der Waals surface area (Å²) in [6, 6.07) is 0. The minimum absolute atomic E-state index is 0.193. The van der Waals surface area contributed by atoms with Gasteiger partial charge in [-0.3, -0.25) is 0 Å². The fourth-order valence-electron chi connectivity index (χ4n) is 3.63. The van der Waals surface area contributed by atoms with Crippen molar-refractivity contribution in [2.24, 2.45) is 5.92 Å². The van der Waals surface area contributed by atoms with Crippen LogP contribution >= 0.6 is 0 Å². The van der Waals surface area contributed by atoms with Gasteiger partial charge in [0.1, 0.15) is 0 Å². The standard InChI is InChI=1S/C22H45NO2SSi/c1-11-13-15-18-19(25-27(9,10)21(6,7)8)16-14-17-22(18,12-2)23-26(24)20(3,4)5/h12,18-19,23H,2,11,13-17H2,1,3-10H3/t18-,19+,22-,26?/m0/s1. The quantitative estimate of drug-likeness (QED) is 0.371. The summed E-state index contributed by atoms with van der Waals surface area (Å²) in [6.07, 6.45) is 8.86. The van der Waals surface area contributed by atoms with Gasteiger partial charge in [0.05, 0.1) is 21.3 Å². The normalized spacial score (nSPS) is 28.8. The second-order valence-electron chi connectivity index (χ2n) is 10.8. The molecule has 0 amide bonds. The van der Waals surface area contributed by atoms with Crippen molar-refractivity contribution < 1.29 is 8.63 Å². The van der Waals surface area contributed by atoms with Crippen LogP contribution in [-0.2, 0) is 15.4 Å². The molecule has 3 nitrogen and oxygen atoms in total. The van der Waals surface area contributed by atoms with Gasteiger partial charge in [-0.2, -0.15) is 0 Å². The average molecular weight is 416 g/mol. The number of rotatable bonds is 8. The van der Waals surface area contributed by atoms with Crippen LogP contribution in [0.15, 0.2) is 12.7 Å². The van der Waals surface area contributed by atoms with Crippen LogP contribution in [0.3, 0.4) is 0 Å². The van der Waals surface area contributed by atoms with Crippen LogP contribution in [0.25, 0.3) is 0 Å². The Morgan fingerprint density at radius 2 is 1.85 bits per heavy atom. The lowest BCUT2D eigenvalue weighted by atomic mass is 9.69. The van der Waals surface area contributed by atoms with Crippen LogP contribution in [0.2, 0.25) is 18.1 Å². The molecule has 1 saturated carbocycles. The third-order valence-electron chi connectivity index (χ3n) is 6.51. The molecule has 27 heavy (non-hydrogen) atoms. The third-order valence-corrected chi connectivity index (χ3v) is 12.7. The Morgan fingerprint density at radius 1 is 1.26 bits per heavy atom. The maximum atomic E-state index is 13.0. The summed E-state index contributed by atoms with van der Waals surface area (Å²) in [7, 11) is -2.98. The molecule has 1 rings (SSSR count). The number of hydrogen-bond donors (Lipinski definition) is 1. The van der Waals surface area contributed by atoms with Gasteiger partial charge in [0.15, 0.2) is 8.32 Å². The highest BCUT2D eigenvalue weighted by Gasteiger charge is 2.49. The summed E-state index contributed by atoms with van der Waals surface area (Å²) in [4.78, 5) is 0. The highest BCUT2D eigenvalue weighted by Crippen LogP contribution is 2.45. The van der Waals surface area contributed by atoms with Gasteiger partial charge in [-0.15, -0.1) is 6.58 Å².